The molecule has 0 radical (unpaired) electrons. The van der Waals surface area contributed by atoms with Crippen LogP contribution in [0.15, 0.2) is 18.2 Å². The van der Waals surface area contributed by atoms with Gasteiger partial charge in [0.25, 0.3) is 0 Å². The van der Waals surface area contributed by atoms with E-state index in [1.807, 2.05) is 0 Å². The number of carbonyl (C=O) groups excluding carboxylic acids is 2. The molecule has 0 aromatic heterocycles. The second-order valence-electron chi connectivity index (χ2n) is 4.93. The van der Waals surface area contributed by atoms with Gasteiger partial charge in [0, 0.05) is 19.4 Å². The Bertz CT molecular complexity index is 538. The van der Waals surface area contributed by atoms with Gasteiger partial charge in [0.15, 0.2) is 11.6 Å². The van der Waals surface area contributed by atoms with E-state index < -0.39 is 29.7 Å². The van der Waals surface area contributed by atoms with Gasteiger partial charge in [-0.1, -0.05) is 6.07 Å². The zero-order valence-corrected chi connectivity index (χ0v) is 12.5. The lowest BCUT2D eigenvalue weighted by atomic mass is 10.0. The zero-order chi connectivity index (χ0) is 16.7. The molecule has 1 rings (SSSR count). The predicted octanol–water partition coefficient (Wildman–Crippen LogP) is 1.42. The molecule has 0 spiro atoms. The lowest BCUT2D eigenvalue weighted by Crippen LogP contribution is -2.37. The Kier molecular flexibility index (Phi) is 6.91. The fraction of sp³-hybridized carbons (Fsp3) is 0.467. The molecule has 0 aliphatic rings. The Morgan fingerprint density at radius 2 is 1.82 bits per heavy atom. The van der Waals surface area contributed by atoms with E-state index in [1.54, 1.807) is 6.92 Å². The lowest BCUT2D eigenvalue weighted by Gasteiger charge is -2.20. The first-order valence-electron chi connectivity index (χ1n) is 7.04. The minimum Gasteiger partial charge on any atom is -0.386 e. The summed E-state index contributed by atoms with van der Waals surface area (Å²) in [5.41, 5.74) is 0.162. The molecule has 2 amide bonds. The van der Waals surface area contributed by atoms with Crippen LogP contribution in [0.25, 0.3) is 0 Å². The topological polar surface area (TPSA) is 78.4 Å². The maximum absolute atomic E-state index is 13.1. The van der Waals surface area contributed by atoms with Crippen molar-refractivity contribution in [3.8, 4) is 0 Å². The van der Waals surface area contributed by atoms with Gasteiger partial charge >= 0.3 is 0 Å². The summed E-state index contributed by atoms with van der Waals surface area (Å²) in [5.74, 6) is -2.70. The number of rotatable bonds is 7. The molecule has 3 N–H and O–H groups in total. The van der Waals surface area contributed by atoms with E-state index in [0.717, 1.165) is 12.1 Å². The van der Waals surface area contributed by atoms with Gasteiger partial charge in [0.1, 0.15) is 0 Å². The van der Waals surface area contributed by atoms with Crippen molar-refractivity contribution in [2.45, 2.75) is 38.8 Å². The Labute approximate surface area is 127 Å². The van der Waals surface area contributed by atoms with Crippen LogP contribution in [0.2, 0.25) is 0 Å². The second-order valence-corrected chi connectivity index (χ2v) is 4.93. The van der Waals surface area contributed by atoms with Gasteiger partial charge in [-0.25, -0.2) is 8.78 Å². The van der Waals surface area contributed by atoms with Crippen LogP contribution in [0, 0.1) is 11.6 Å². The van der Waals surface area contributed by atoms with Crippen molar-refractivity contribution in [2.75, 3.05) is 6.54 Å². The molecule has 0 aliphatic heterocycles. The molecule has 2 atom stereocenters. The van der Waals surface area contributed by atoms with Gasteiger partial charge in [-0.3, -0.25) is 9.59 Å². The summed E-state index contributed by atoms with van der Waals surface area (Å²) in [4.78, 5) is 22.9. The summed E-state index contributed by atoms with van der Waals surface area (Å²) in [6.45, 7) is 3.81. The third kappa shape index (κ3) is 5.40. The zero-order valence-electron chi connectivity index (χ0n) is 12.5. The minimum atomic E-state index is -1.18. The standard InChI is InChI=1S/C15H20F2N2O3/c1-3-18-13(20)6-7-14(21)19-9(2)15(22)10-4-5-11(16)12(17)8-10/h4-5,8-9,15,22H,3,6-7H2,1-2H3,(H,18,20)(H,19,21). The first kappa shape index (κ1) is 18.0. The summed E-state index contributed by atoms with van der Waals surface area (Å²) < 4.78 is 26.0. The molecular weight excluding hydrogens is 294 g/mol. The highest BCUT2D eigenvalue weighted by atomic mass is 19.2. The highest BCUT2D eigenvalue weighted by molar-refractivity contribution is 5.83. The summed E-state index contributed by atoms with van der Waals surface area (Å²) in [6, 6.07) is 2.35. The number of hydrogen-bond acceptors (Lipinski definition) is 3. The summed E-state index contributed by atoms with van der Waals surface area (Å²) in [7, 11) is 0. The number of nitrogens with one attached hydrogen (secondary N) is 2. The van der Waals surface area contributed by atoms with E-state index in [2.05, 4.69) is 10.6 Å². The maximum Gasteiger partial charge on any atom is 0.220 e. The highest BCUT2D eigenvalue weighted by Crippen LogP contribution is 2.19. The van der Waals surface area contributed by atoms with Gasteiger partial charge in [0.05, 0.1) is 12.1 Å². The quantitative estimate of drug-likeness (QED) is 0.712. The molecule has 1 aromatic carbocycles. The molecule has 1 aromatic rings. The molecule has 0 saturated heterocycles. The van der Waals surface area contributed by atoms with Crippen molar-refractivity contribution in [3.05, 3.63) is 35.4 Å². The minimum absolute atomic E-state index is 0.0132. The average Bonchev–Trinajstić information content (AvgIpc) is 2.47. The van der Waals surface area contributed by atoms with Crippen LogP contribution < -0.4 is 10.6 Å². The van der Waals surface area contributed by atoms with E-state index in [4.69, 9.17) is 0 Å². The second kappa shape index (κ2) is 8.43. The number of aliphatic hydroxyl groups is 1. The lowest BCUT2D eigenvalue weighted by molar-refractivity contribution is -0.127. The van der Waals surface area contributed by atoms with Crippen molar-refractivity contribution < 1.29 is 23.5 Å². The average molecular weight is 314 g/mol. The van der Waals surface area contributed by atoms with Crippen LogP contribution in [-0.2, 0) is 9.59 Å². The third-order valence-electron chi connectivity index (χ3n) is 3.10. The van der Waals surface area contributed by atoms with E-state index in [-0.39, 0.29) is 24.3 Å². The molecule has 0 aliphatic carbocycles. The smallest absolute Gasteiger partial charge is 0.220 e. The normalized spacial score (nSPS) is 13.3. The van der Waals surface area contributed by atoms with Crippen molar-refractivity contribution in [1.82, 2.24) is 10.6 Å². The molecule has 0 saturated carbocycles. The molecule has 22 heavy (non-hydrogen) atoms. The van der Waals surface area contributed by atoms with E-state index in [9.17, 15) is 23.5 Å². The van der Waals surface area contributed by atoms with Crippen molar-refractivity contribution in [2.24, 2.45) is 0 Å². The van der Waals surface area contributed by atoms with E-state index >= 15 is 0 Å². The fourth-order valence-electron chi connectivity index (χ4n) is 1.90. The molecule has 5 nitrogen and oxygen atoms in total. The van der Waals surface area contributed by atoms with Crippen LogP contribution in [0.5, 0.6) is 0 Å². The first-order valence-corrected chi connectivity index (χ1v) is 7.04. The Balaban J connectivity index is 2.52. The molecule has 2 unspecified atom stereocenters. The largest absolute Gasteiger partial charge is 0.386 e. The van der Waals surface area contributed by atoms with Gasteiger partial charge < -0.3 is 15.7 Å². The number of carbonyl (C=O) groups is 2. The van der Waals surface area contributed by atoms with Crippen LogP contribution >= 0.6 is 0 Å². The maximum atomic E-state index is 13.1. The van der Waals surface area contributed by atoms with Gasteiger partial charge in [-0.05, 0) is 31.5 Å². The number of halogens is 2. The first-order chi connectivity index (χ1) is 10.3. The summed E-state index contributed by atoms with van der Waals surface area (Å²) in [6.07, 6.45) is -1.14. The molecule has 122 valence electrons. The fourth-order valence-corrected chi connectivity index (χ4v) is 1.90. The summed E-state index contributed by atoms with van der Waals surface area (Å²) >= 11 is 0. The van der Waals surface area contributed by atoms with Crippen LogP contribution in [0.1, 0.15) is 38.4 Å². The number of hydrogen-bond donors (Lipinski definition) is 3. The Hall–Kier alpha value is -2.02. The van der Waals surface area contributed by atoms with Crippen molar-refractivity contribution >= 4 is 11.8 Å². The molecule has 0 fully saturated rings. The van der Waals surface area contributed by atoms with Crippen molar-refractivity contribution in [3.63, 3.8) is 0 Å². The van der Waals surface area contributed by atoms with Gasteiger partial charge in [-0.2, -0.15) is 0 Å². The Morgan fingerprint density at radius 1 is 1.18 bits per heavy atom. The third-order valence-corrected chi connectivity index (χ3v) is 3.10. The van der Waals surface area contributed by atoms with E-state index in [0.29, 0.717) is 6.54 Å². The van der Waals surface area contributed by atoms with Crippen molar-refractivity contribution in [1.29, 1.82) is 0 Å². The van der Waals surface area contributed by atoms with Gasteiger partial charge in [-0.15, -0.1) is 0 Å². The SMILES string of the molecule is CCNC(=O)CCC(=O)NC(C)C(O)c1ccc(F)c(F)c1. The molecule has 0 bridgehead atoms. The molecular formula is C15H20F2N2O3. The van der Waals surface area contributed by atoms with E-state index in [1.165, 1.54) is 13.0 Å². The number of benzene rings is 1. The Morgan fingerprint density at radius 3 is 2.41 bits per heavy atom. The number of amides is 2. The molecule has 0 heterocycles. The number of aliphatic hydroxyl groups excluding tert-OH is 1. The highest BCUT2D eigenvalue weighted by Gasteiger charge is 2.20. The summed E-state index contributed by atoms with van der Waals surface area (Å²) in [5, 5.41) is 15.1. The van der Waals surface area contributed by atoms with Crippen LogP contribution in [0.4, 0.5) is 8.78 Å². The molecule has 7 heteroatoms. The van der Waals surface area contributed by atoms with Crippen LogP contribution in [0.3, 0.4) is 0 Å². The van der Waals surface area contributed by atoms with Crippen LogP contribution in [-0.4, -0.2) is 29.5 Å². The predicted molar refractivity (Wildman–Crippen MR) is 76.8 cm³/mol. The van der Waals surface area contributed by atoms with Gasteiger partial charge in [0.2, 0.25) is 11.8 Å². The monoisotopic (exact) mass is 314 g/mol.